The second-order valence-corrected chi connectivity index (χ2v) is 8.29. The molecule has 8 nitrogen and oxygen atoms in total. The highest BCUT2D eigenvalue weighted by Gasteiger charge is 2.20. The molecule has 0 aliphatic carbocycles. The van der Waals surface area contributed by atoms with Crippen molar-refractivity contribution in [2.24, 2.45) is 5.92 Å². The number of hydrogen-bond acceptors (Lipinski definition) is 6. The third-order valence-electron chi connectivity index (χ3n) is 4.80. The van der Waals surface area contributed by atoms with Gasteiger partial charge in [0.05, 0.1) is 12.2 Å². The molecule has 1 atom stereocenters. The maximum atomic E-state index is 11.8. The van der Waals surface area contributed by atoms with Crippen molar-refractivity contribution < 1.29 is 34.2 Å². The molecule has 3 rings (SSSR count). The smallest absolute Gasteiger partial charge is 0.414 e. The van der Waals surface area contributed by atoms with Gasteiger partial charge in [-0.25, -0.2) is 9.59 Å². The minimum Gasteiger partial charge on any atom is -0.475 e. The fraction of sp³-hybridized carbons (Fsp3) is 0.348. The minimum atomic E-state index is -1.82. The summed E-state index contributed by atoms with van der Waals surface area (Å²) in [5, 5.41) is 17.9. The molecule has 0 radical (unpaired) electrons. The number of aliphatic carboxylic acids is 2. The van der Waals surface area contributed by atoms with Crippen LogP contribution in [0.3, 0.4) is 0 Å². The summed E-state index contributed by atoms with van der Waals surface area (Å²) in [5.74, 6) is -2.74. The van der Waals surface area contributed by atoms with Crippen LogP contribution in [0.4, 0.5) is 0 Å². The van der Waals surface area contributed by atoms with E-state index in [2.05, 4.69) is 12.1 Å². The first kappa shape index (κ1) is 26.6. The summed E-state index contributed by atoms with van der Waals surface area (Å²) < 4.78 is 5.87. The molecule has 0 bridgehead atoms. The van der Waals surface area contributed by atoms with Gasteiger partial charge in [-0.3, -0.25) is 9.63 Å². The zero-order valence-electron chi connectivity index (χ0n) is 18.0. The van der Waals surface area contributed by atoms with Crippen molar-refractivity contribution in [3.8, 4) is 5.75 Å². The Bertz CT molecular complexity index is 954. The number of benzene rings is 2. The Morgan fingerprint density at radius 1 is 1.06 bits per heavy atom. The lowest BCUT2D eigenvalue weighted by Gasteiger charge is -2.24. The molecule has 1 heterocycles. The van der Waals surface area contributed by atoms with Crippen LogP contribution in [0, 0.1) is 5.92 Å². The van der Waals surface area contributed by atoms with E-state index in [1.165, 1.54) is 12.5 Å². The van der Waals surface area contributed by atoms with Crippen molar-refractivity contribution in [3.05, 3.63) is 63.6 Å². The number of halogens is 2. The molecule has 2 aromatic rings. The summed E-state index contributed by atoms with van der Waals surface area (Å²) in [6.07, 6.45) is 3.07. The topological polar surface area (TPSA) is 113 Å². The lowest BCUT2D eigenvalue weighted by molar-refractivity contribution is -0.187. The fourth-order valence-electron chi connectivity index (χ4n) is 3.25. The number of rotatable bonds is 6. The van der Waals surface area contributed by atoms with E-state index in [9.17, 15) is 4.79 Å². The molecule has 0 saturated carbocycles. The van der Waals surface area contributed by atoms with E-state index in [1.54, 1.807) is 18.2 Å². The summed E-state index contributed by atoms with van der Waals surface area (Å²) in [6, 6.07) is 13.1. The highest BCUT2D eigenvalue weighted by molar-refractivity contribution is 6.31. The van der Waals surface area contributed by atoms with E-state index in [4.69, 9.17) is 52.6 Å². The van der Waals surface area contributed by atoms with Crippen molar-refractivity contribution in [2.45, 2.75) is 26.2 Å². The molecule has 0 amide bonds. The number of carboxylic acids is 2. The number of ketones is 1. The Hall–Kier alpha value is -2.65. The maximum Gasteiger partial charge on any atom is 0.414 e. The van der Waals surface area contributed by atoms with Gasteiger partial charge < -0.3 is 14.9 Å². The van der Waals surface area contributed by atoms with Gasteiger partial charge in [0.1, 0.15) is 5.75 Å². The number of hydroxylamine groups is 2. The fourth-order valence-corrected chi connectivity index (χ4v) is 3.55. The van der Waals surface area contributed by atoms with Crippen LogP contribution < -0.4 is 4.74 Å². The van der Waals surface area contributed by atoms with E-state index < -0.39 is 11.9 Å². The quantitative estimate of drug-likeness (QED) is 0.440. The Balaban J connectivity index is 0.000000569. The van der Waals surface area contributed by atoms with E-state index in [-0.39, 0.29) is 12.5 Å². The van der Waals surface area contributed by atoms with E-state index in [1.807, 2.05) is 17.2 Å². The Labute approximate surface area is 201 Å². The van der Waals surface area contributed by atoms with Gasteiger partial charge in [-0.1, -0.05) is 35.3 Å². The first-order chi connectivity index (χ1) is 15.7. The largest absolute Gasteiger partial charge is 0.475 e. The zero-order valence-corrected chi connectivity index (χ0v) is 19.5. The summed E-state index contributed by atoms with van der Waals surface area (Å²) >= 11 is 12.0. The van der Waals surface area contributed by atoms with Gasteiger partial charge in [-0.15, -0.1) is 0 Å². The van der Waals surface area contributed by atoms with Crippen LogP contribution in [-0.2, 0) is 20.8 Å². The molecule has 2 N–H and O–H groups in total. The zero-order chi connectivity index (χ0) is 24.4. The van der Waals surface area contributed by atoms with Crippen LogP contribution in [0.2, 0.25) is 10.0 Å². The van der Waals surface area contributed by atoms with E-state index in [0.29, 0.717) is 28.9 Å². The molecule has 1 unspecified atom stereocenters. The number of carbonyl (C=O) groups excluding carboxylic acids is 1. The number of ether oxygens (including phenoxy) is 1. The van der Waals surface area contributed by atoms with Gasteiger partial charge in [0, 0.05) is 16.6 Å². The van der Waals surface area contributed by atoms with Gasteiger partial charge in [0.2, 0.25) is 0 Å². The second-order valence-electron chi connectivity index (χ2n) is 7.42. The summed E-state index contributed by atoms with van der Waals surface area (Å²) in [7, 11) is 0. The number of Topliss-reactive ketones (excluding diaryl/α,β-unsaturated/α-hetero) is 1. The number of hydrogen-bond donors (Lipinski definition) is 2. The van der Waals surface area contributed by atoms with Crippen LogP contribution in [0.15, 0.2) is 42.5 Å². The molecule has 1 aliphatic rings. The van der Waals surface area contributed by atoms with Crippen LogP contribution in [-0.4, -0.2) is 52.9 Å². The normalized spacial score (nSPS) is 16.2. The lowest BCUT2D eigenvalue weighted by atomic mass is 9.95. The number of carboxylic acid groups (broad SMARTS) is 2. The summed E-state index contributed by atoms with van der Waals surface area (Å²) in [6.45, 7) is 3.20. The Morgan fingerprint density at radius 3 is 2.30 bits per heavy atom. The summed E-state index contributed by atoms with van der Waals surface area (Å²) in [4.78, 5) is 35.8. The molecule has 0 aromatic heterocycles. The molecule has 1 aliphatic heterocycles. The van der Waals surface area contributed by atoms with Crippen molar-refractivity contribution in [2.75, 3.05) is 19.9 Å². The van der Waals surface area contributed by atoms with Crippen molar-refractivity contribution in [1.29, 1.82) is 0 Å². The van der Waals surface area contributed by atoms with Crippen molar-refractivity contribution >= 4 is 40.9 Å². The van der Waals surface area contributed by atoms with Gasteiger partial charge >= 0.3 is 11.9 Å². The average Bonchev–Trinajstić information content (AvgIpc) is 2.99. The molecule has 1 fully saturated rings. The molecule has 2 aromatic carbocycles. The minimum absolute atomic E-state index is 0.0788. The SMILES string of the molecule is CC(=O)c1cc(Cl)ccc1OCN1CC(Cc2ccc(Cl)cc2)CCCO1.O=C(O)C(=O)O. The Kier molecular flexibility index (Phi) is 10.6. The van der Waals surface area contributed by atoms with Gasteiger partial charge in [0.25, 0.3) is 0 Å². The highest BCUT2D eigenvalue weighted by Crippen LogP contribution is 2.25. The lowest BCUT2D eigenvalue weighted by Crippen LogP contribution is -2.32. The summed E-state index contributed by atoms with van der Waals surface area (Å²) in [5.41, 5.74) is 1.75. The molecule has 178 valence electrons. The van der Waals surface area contributed by atoms with Crippen molar-refractivity contribution in [3.63, 3.8) is 0 Å². The molecule has 1 saturated heterocycles. The third-order valence-corrected chi connectivity index (χ3v) is 5.29. The van der Waals surface area contributed by atoms with Gasteiger partial charge in [-0.2, -0.15) is 5.06 Å². The monoisotopic (exact) mass is 497 g/mol. The maximum absolute atomic E-state index is 11.8. The van der Waals surface area contributed by atoms with Gasteiger partial charge in [-0.05, 0) is 68.0 Å². The number of nitrogens with zero attached hydrogens (tertiary/aromatic N) is 1. The van der Waals surface area contributed by atoms with Crippen molar-refractivity contribution in [1.82, 2.24) is 5.06 Å². The van der Waals surface area contributed by atoms with Crippen LogP contribution in [0.5, 0.6) is 5.75 Å². The number of carbonyl (C=O) groups is 3. The third kappa shape index (κ3) is 9.39. The second kappa shape index (κ2) is 13.2. The van der Waals surface area contributed by atoms with E-state index in [0.717, 1.165) is 30.8 Å². The molecule has 0 spiro atoms. The molecule has 10 heteroatoms. The Morgan fingerprint density at radius 2 is 1.70 bits per heavy atom. The molecular weight excluding hydrogens is 473 g/mol. The average molecular weight is 498 g/mol. The van der Waals surface area contributed by atoms with Gasteiger partial charge in [0.15, 0.2) is 12.5 Å². The first-order valence-electron chi connectivity index (χ1n) is 10.2. The van der Waals surface area contributed by atoms with Crippen LogP contribution in [0.25, 0.3) is 0 Å². The molecular formula is C23H25Cl2NO7. The van der Waals surface area contributed by atoms with E-state index >= 15 is 0 Å². The highest BCUT2D eigenvalue weighted by atomic mass is 35.5. The van der Waals surface area contributed by atoms with Crippen LogP contribution >= 0.6 is 23.2 Å². The molecule has 33 heavy (non-hydrogen) atoms. The predicted molar refractivity (Wildman–Crippen MR) is 123 cm³/mol. The van der Waals surface area contributed by atoms with Crippen LogP contribution in [0.1, 0.15) is 35.7 Å². The first-order valence-corrected chi connectivity index (χ1v) is 10.9. The standard InChI is InChI=1S/C21H23Cl2NO3.C2H2O4/c1-15(25)20-12-19(23)8-9-21(20)26-14-24-13-17(3-2-10-27-24)11-16-4-6-18(22)7-5-16;3-1(4)2(5)6/h4-9,12,17H,2-3,10-11,13-14H2,1H3;(H,3,4)(H,5,6). The predicted octanol–water partition coefficient (Wildman–Crippen LogP) is 4.57.